The molecule has 0 spiro atoms. The quantitative estimate of drug-likeness (QED) is 0.248. The molecular formula is C24H20ClN3O4. The molecule has 0 aliphatic heterocycles. The van der Waals surface area contributed by atoms with E-state index in [0.29, 0.717) is 27.5 Å². The fourth-order valence-electron chi connectivity index (χ4n) is 2.68. The van der Waals surface area contributed by atoms with Crippen LogP contribution in [0.15, 0.2) is 77.9 Å². The van der Waals surface area contributed by atoms with Crippen molar-refractivity contribution in [1.29, 1.82) is 0 Å². The first-order chi connectivity index (χ1) is 15.4. The van der Waals surface area contributed by atoms with Crippen LogP contribution in [0.3, 0.4) is 0 Å². The van der Waals surface area contributed by atoms with Gasteiger partial charge in [-0.2, -0.15) is 5.10 Å². The number of nitrogens with one attached hydrogen (secondary N) is 2. The van der Waals surface area contributed by atoms with E-state index in [-0.39, 0.29) is 12.5 Å². The fourth-order valence-corrected chi connectivity index (χ4v) is 2.80. The molecule has 32 heavy (non-hydrogen) atoms. The predicted molar refractivity (Wildman–Crippen MR) is 122 cm³/mol. The van der Waals surface area contributed by atoms with E-state index in [9.17, 15) is 14.4 Å². The Balaban J connectivity index is 1.49. The molecule has 3 aromatic carbocycles. The van der Waals surface area contributed by atoms with Crippen molar-refractivity contribution < 1.29 is 19.1 Å². The molecule has 0 bridgehead atoms. The molecule has 0 saturated carbocycles. The first kappa shape index (κ1) is 22.7. The molecule has 0 radical (unpaired) electrons. The number of carbonyl (C=O) groups excluding carboxylic acids is 3. The lowest BCUT2D eigenvalue weighted by atomic mass is 10.1. The van der Waals surface area contributed by atoms with E-state index >= 15 is 0 Å². The number of halogens is 1. The average Bonchev–Trinajstić information content (AvgIpc) is 2.78. The molecule has 0 aliphatic carbocycles. The van der Waals surface area contributed by atoms with Gasteiger partial charge in [-0.25, -0.2) is 10.2 Å². The zero-order valence-corrected chi connectivity index (χ0v) is 17.9. The highest BCUT2D eigenvalue weighted by Gasteiger charge is 2.09. The topological polar surface area (TPSA) is 96.9 Å². The van der Waals surface area contributed by atoms with E-state index < -0.39 is 11.9 Å². The van der Waals surface area contributed by atoms with E-state index in [0.717, 1.165) is 5.56 Å². The third-order valence-electron chi connectivity index (χ3n) is 4.24. The molecule has 0 aliphatic rings. The molecule has 8 heteroatoms. The molecule has 7 nitrogen and oxygen atoms in total. The fraction of sp³-hybridized carbons (Fsp3) is 0.0833. The summed E-state index contributed by atoms with van der Waals surface area (Å²) in [5, 5.41) is 6.92. The molecule has 2 N–H and O–H groups in total. The summed E-state index contributed by atoms with van der Waals surface area (Å²) in [6, 6.07) is 20.1. The van der Waals surface area contributed by atoms with Gasteiger partial charge in [-0.15, -0.1) is 0 Å². The molecule has 162 valence electrons. The van der Waals surface area contributed by atoms with Gasteiger partial charge in [0.15, 0.2) is 0 Å². The maximum absolute atomic E-state index is 12.2. The zero-order chi connectivity index (χ0) is 22.9. The Kier molecular flexibility index (Phi) is 7.72. The largest absolute Gasteiger partial charge is 0.423 e. The molecule has 2 amide bonds. The van der Waals surface area contributed by atoms with Gasteiger partial charge < -0.3 is 10.1 Å². The lowest BCUT2D eigenvalue weighted by Gasteiger charge is -2.06. The van der Waals surface area contributed by atoms with E-state index in [1.54, 1.807) is 66.7 Å². The molecule has 3 aromatic rings. The van der Waals surface area contributed by atoms with Gasteiger partial charge in [-0.3, -0.25) is 9.59 Å². The van der Waals surface area contributed by atoms with Crippen LogP contribution in [0, 0.1) is 6.92 Å². The Labute approximate surface area is 190 Å². The molecule has 0 fully saturated rings. The first-order valence-electron chi connectivity index (χ1n) is 9.65. The summed E-state index contributed by atoms with van der Waals surface area (Å²) in [6.07, 6.45) is 1.40. The lowest BCUT2D eigenvalue weighted by Crippen LogP contribution is -2.34. The standard InChI is InChI=1S/C24H20ClN3O4/c1-16-4-2-6-19(12-16)23(30)26-15-22(29)28-27-14-17-5-3-7-21(13-17)32-24(31)18-8-10-20(25)11-9-18/h2-14H,15H2,1H3,(H,26,30)(H,28,29)/b27-14+. The minimum absolute atomic E-state index is 0.219. The number of hydrazone groups is 1. The summed E-state index contributed by atoms with van der Waals surface area (Å²) >= 11 is 5.82. The summed E-state index contributed by atoms with van der Waals surface area (Å²) in [7, 11) is 0. The lowest BCUT2D eigenvalue weighted by molar-refractivity contribution is -0.120. The predicted octanol–water partition coefficient (Wildman–Crippen LogP) is 3.75. The van der Waals surface area contributed by atoms with Crippen LogP contribution in [0.2, 0.25) is 5.02 Å². The van der Waals surface area contributed by atoms with Crippen molar-refractivity contribution >= 4 is 35.6 Å². The Bertz CT molecular complexity index is 1160. The van der Waals surface area contributed by atoms with E-state index in [1.165, 1.54) is 6.21 Å². The molecular weight excluding hydrogens is 430 g/mol. The van der Waals surface area contributed by atoms with Crippen LogP contribution < -0.4 is 15.5 Å². The normalized spacial score (nSPS) is 10.6. The van der Waals surface area contributed by atoms with Crippen molar-refractivity contribution in [1.82, 2.24) is 10.7 Å². The van der Waals surface area contributed by atoms with E-state index in [1.807, 2.05) is 13.0 Å². The monoisotopic (exact) mass is 449 g/mol. The number of rotatable bonds is 7. The summed E-state index contributed by atoms with van der Waals surface area (Å²) in [5.74, 6) is -1.02. The van der Waals surface area contributed by atoms with Gasteiger partial charge in [-0.1, -0.05) is 41.4 Å². The smallest absolute Gasteiger partial charge is 0.343 e. The van der Waals surface area contributed by atoms with Crippen molar-refractivity contribution in [3.63, 3.8) is 0 Å². The number of hydrogen-bond acceptors (Lipinski definition) is 5. The van der Waals surface area contributed by atoms with Crippen LogP contribution in [-0.2, 0) is 4.79 Å². The highest BCUT2D eigenvalue weighted by atomic mass is 35.5. The van der Waals surface area contributed by atoms with Gasteiger partial charge in [0.05, 0.1) is 18.3 Å². The molecule has 0 aromatic heterocycles. The Morgan fingerprint density at radius 2 is 1.72 bits per heavy atom. The van der Waals surface area contributed by atoms with E-state index in [2.05, 4.69) is 15.8 Å². The number of esters is 1. The van der Waals surface area contributed by atoms with Gasteiger partial charge in [-0.05, 0) is 61.0 Å². The SMILES string of the molecule is Cc1cccc(C(=O)NCC(=O)N/N=C/c2cccc(OC(=O)c3ccc(Cl)cc3)c2)c1. The number of aryl methyl sites for hydroxylation is 1. The molecule has 0 atom stereocenters. The van der Waals surface area contributed by atoms with Gasteiger partial charge in [0.25, 0.3) is 11.8 Å². The molecule has 0 unspecified atom stereocenters. The maximum Gasteiger partial charge on any atom is 0.343 e. The molecule has 3 rings (SSSR count). The Morgan fingerprint density at radius 1 is 0.969 bits per heavy atom. The minimum Gasteiger partial charge on any atom is -0.423 e. The molecule has 0 saturated heterocycles. The zero-order valence-electron chi connectivity index (χ0n) is 17.2. The van der Waals surface area contributed by atoms with Crippen LogP contribution in [0.4, 0.5) is 0 Å². The Morgan fingerprint density at radius 3 is 2.47 bits per heavy atom. The number of carbonyl (C=O) groups is 3. The van der Waals surface area contributed by atoms with Gasteiger partial charge >= 0.3 is 5.97 Å². The third kappa shape index (κ3) is 6.78. The van der Waals surface area contributed by atoms with Crippen LogP contribution in [0.5, 0.6) is 5.75 Å². The van der Waals surface area contributed by atoms with Gasteiger partial charge in [0.2, 0.25) is 0 Å². The minimum atomic E-state index is -0.520. The highest BCUT2D eigenvalue weighted by molar-refractivity contribution is 6.30. The average molecular weight is 450 g/mol. The van der Waals surface area contributed by atoms with Crippen molar-refractivity contribution in [2.75, 3.05) is 6.54 Å². The second-order valence-electron chi connectivity index (χ2n) is 6.81. The Hall–Kier alpha value is -3.97. The second-order valence-corrected chi connectivity index (χ2v) is 7.25. The number of ether oxygens (including phenoxy) is 1. The van der Waals surface area contributed by atoms with Crippen LogP contribution in [0.1, 0.15) is 31.8 Å². The third-order valence-corrected chi connectivity index (χ3v) is 4.49. The number of benzene rings is 3. The van der Waals surface area contributed by atoms with E-state index in [4.69, 9.17) is 16.3 Å². The van der Waals surface area contributed by atoms with Gasteiger partial charge in [0.1, 0.15) is 5.75 Å². The van der Waals surface area contributed by atoms with Crippen LogP contribution in [-0.4, -0.2) is 30.5 Å². The number of amides is 2. The van der Waals surface area contributed by atoms with Crippen molar-refractivity contribution in [3.05, 3.63) is 100 Å². The number of nitrogens with zero attached hydrogens (tertiary/aromatic N) is 1. The number of hydrogen-bond donors (Lipinski definition) is 2. The highest BCUT2D eigenvalue weighted by Crippen LogP contribution is 2.16. The van der Waals surface area contributed by atoms with Crippen LogP contribution in [0.25, 0.3) is 0 Å². The summed E-state index contributed by atoms with van der Waals surface area (Å²) in [4.78, 5) is 36.2. The van der Waals surface area contributed by atoms with Crippen molar-refractivity contribution in [2.24, 2.45) is 5.10 Å². The second kappa shape index (κ2) is 10.9. The van der Waals surface area contributed by atoms with Gasteiger partial charge in [0, 0.05) is 10.6 Å². The first-order valence-corrected chi connectivity index (χ1v) is 10.0. The summed E-state index contributed by atoms with van der Waals surface area (Å²) in [5.41, 5.74) is 4.74. The van der Waals surface area contributed by atoms with Crippen molar-refractivity contribution in [3.8, 4) is 5.75 Å². The maximum atomic E-state index is 12.2. The summed E-state index contributed by atoms with van der Waals surface area (Å²) < 4.78 is 5.35. The summed E-state index contributed by atoms with van der Waals surface area (Å²) in [6.45, 7) is 1.66. The van der Waals surface area contributed by atoms with Crippen LogP contribution >= 0.6 is 11.6 Å². The molecule has 0 heterocycles. The van der Waals surface area contributed by atoms with Crippen molar-refractivity contribution in [2.45, 2.75) is 6.92 Å².